The second kappa shape index (κ2) is 9.78. The Kier molecular flexibility index (Phi) is 6.61. The Morgan fingerprint density at radius 3 is 2.20 bits per heavy atom. The number of rotatable bonds is 5. The molecule has 4 rings (SSSR count). The van der Waals surface area contributed by atoms with Gasteiger partial charge in [-0.2, -0.15) is 0 Å². The number of benzene rings is 3. The monoisotopic (exact) mass is 491 g/mol. The van der Waals surface area contributed by atoms with Crippen LogP contribution in [0, 0.1) is 0 Å². The first kappa shape index (κ1) is 23.7. The number of esters is 1. The van der Waals surface area contributed by atoms with Crippen molar-refractivity contribution < 1.29 is 28.7 Å². The van der Waals surface area contributed by atoms with E-state index in [1.807, 2.05) is 0 Å². The van der Waals surface area contributed by atoms with Crippen molar-refractivity contribution in [1.82, 2.24) is 10.6 Å². The Bertz CT molecular complexity index is 1340. The Morgan fingerprint density at radius 2 is 1.54 bits per heavy atom. The van der Waals surface area contributed by atoms with Gasteiger partial charge in [0.05, 0.1) is 22.4 Å². The van der Waals surface area contributed by atoms with Crippen LogP contribution in [0.1, 0.15) is 42.7 Å². The molecule has 3 aromatic rings. The van der Waals surface area contributed by atoms with Crippen molar-refractivity contribution in [3.05, 3.63) is 100 Å². The van der Waals surface area contributed by atoms with Gasteiger partial charge in [-0.15, -0.1) is 0 Å². The van der Waals surface area contributed by atoms with E-state index < -0.39 is 35.8 Å². The number of fused-ring (bicyclic) bond motifs is 1. The smallest absolute Gasteiger partial charge is 0.339 e. The zero-order chi connectivity index (χ0) is 25.1. The van der Waals surface area contributed by atoms with Crippen molar-refractivity contribution in [3.63, 3.8) is 0 Å². The zero-order valence-electron chi connectivity index (χ0n) is 18.3. The molecule has 1 aliphatic rings. The van der Waals surface area contributed by atoms with E-state index in [4.69, 9.17) is 16.3 Å². The predicted octanol–water partition coefficient (Wildman–Crippen LogP) is 3.49. The molecule has 0 bridgehead atoms. The molecule has 35 heavy (non-hydrogen) atoms. The van der Waals surface area contributed by atoms with Crippen molar-refractivity contribution in [3.8, 4) is 0 Å². The third kappa shape index (κ3) is 4.75. The number of halogens is 1. The van der Waals surface area contributed by atoms with Gasteiger partial charge in [0, 0.05) is 17.6 Å². The number of carbonyl (C=O) groups excluding carboxylic acids is 5. The number of urea groups is 1. The SMILES string of the molecule is CNC(=O)NC(=O)[C@H](OC(=O)c1ccc2c(c1)C(=O)N(c1ccc(Cl)cc1)C2=O)c1ccccc1. The van der Waals surface area contributed by atoms with Gasteiger partial charge in [0.15, 0.2) is 0 Å². The highest BCUT2D eigenvalue weighted by molar-refractivity contribution is 6.35. The molecule has 0 aromatic heterocycles. The first-order chi connectivity index (χ1) is 16.8. The molecule has 1 heterocycles. The summed E-state index contributed by atoms with van der Waals surface area (Å²) in [5.74, 6) is -2.93. The van der Waals surface area contributed by atoms with Crippen LogP contribution in [0.2, 0.25) is 5.02 Å². The summed E-state index contributed by atoms with van der Waals surface area (Å²) >= 11 is 5.89. The lowest BCUT2D eigenvalue weighted by atomic mass is 10.1. The summed E-state index contributed by atoms with van der Waals surface area (Å²) in [4.78, 5) is 64.0. The number of nitrogens with one attached hydrogen (secondary N) is 2. The predicted molar refractivity (Wildman–Crippen MR) is 126 cm³/mol. The quantitative estimate of drug-likeness (QED) is 0.416. The van der Waals surface area contributed by atoms with Gasteiger partial charge in [-0.1, -0.05) is 41.9 Å². The molecule has 0 aliphatic carbocycles. The fourth-order valence-electron chi connectivity index (χ4n) is 3.51. The first-order valence-corrected chi connectivity index (χ1v) is 10.7. The molecule has 0 fully saturated rings. The largest absolute Gasteiger partial charge is 0.444 e. The van der Waals surface area contributed by atoms with Crippen molar-refractivity contribution >= 4 is 47.0 Å². The van der Waals surface area contributed by atoms with E-state index in [-0.39, 0.29) is 16.7 Å². The van der Waals surface area contributed by atoms with Gasteiger partial charge in [-0.05, 0) is 42.5 Å². The highest BCUT2D eigenvalue weighted by Crippen LogP contribution is 2.30. The Hall–Kier alpha value is -4.50. The third-order valence-corrected chi connectivity index (χ3v) is 5.49. The zero-order valence-corrected chi connectivity index (χ0v) is 19.0. The third-order valence-electron chi connectivity index (χ3n) is 5.24. The molecule has 10 heteroatoms. The highest BCUT2D eigenvalue weighted by atomic mass is 35.5. The minimum Gasteiger partial charge on any atom is -0.444 e. The fraction of sp³-hybridized carbons (Fsp3) is 0.0800. The summed E-state index contributed by atoms with van der Waals surface area (Å²) in [7, 11) is 1.34. The van der Waals surface area contributed by atoms with Crippen LogP contribution in [-0.4, -0.2) is 36.8 Å². The normalized spacial score (nSPS) is 13.1. The summed E-state index contributed by atoms with van der Waals surface area (Å²) in [6.07, 6.45) is -1.43. The number of imide groups is 2. The van der Waals surface area contributed by atoms with Crippen LogP contribution in [0.25, 0.3) is 0 Å². The molecule has 9 nitrogen and oxygen atoms in total. The molecule has 1 aliphatic heterocycles. The van der Waals surface area contributed by atoms with Crippen LogP contribution in [0.5, 0.6) is 0 Å². The van der Waals surface area contributed by atoms with Crippen molar-refractivity contribution in [2.24, 2.45) is 0 Å². The number of anilines is 1. The number of hydrogen-bond acceptors (Lipinski definition) is 6. The molecule has 0 saturated carbocycles. The molecular formula is C25H18ClN3O6. The van der Waals surface area contributed by atoms with Gasteiger partial charge in [-0.25, -0.2) is 14.5 Å². The second-order valence-corrected chi connectivity index (χ2v) is 7.88. The second-order valence-electron chi connectivity index (χ2n) is 7.45. The van der Waals surface area contributed by atoms with E-state index in [9.17, 15) is 24.0 Å². The highest BCUT2D eigenvalue weighted by Gasteiger charge is 2.37. The number of carbonyl (C=O) groups is 5. The minimum atomic E-state index is -1.43. The lowest BCUT2D eigenvalue weighted by Gasteiger charge is -2.17. The lowest BCUT2D eigenvalue weighted by Crippen LogP contribution is -2.41. The molecule has 2 N–H and O–H groups in total. The van der Waals surface area contributed by atoms with Gasteiger partial charge < -0.3 is 10.1 Å². The maximum Gasteiger partial charge on any atom is 0.339 e. The molecule has 0 spiro atoms. The molecule has 5 amide bonds. The maximum absolute atomic E-state index is 13.0. The van der Waals surface area contributed by atoms with Crippen molar-refractivity contribution in [2.45, 2.75) is 6.10 Å². The molecule has 0 unspecified atom stereocenters. The topological polar surface area (TPSA) is 122 Å². The molecule has 0 radical (unpaired) electrons. The van der Waals surface area contributed by atoms with E-state index >= 15 is 0 Å². The van der Waals surface area contributed by atoms with Crippen LogP contribution >= 0.6 is 11.6 Å². The van der Waals surface area contributed by atoms with E-state index in [0.717, 1.165) is 4.90 Å². The van der Waals surface area contributed by atoms with Crippen LogP contribution in [0.3, 0.4) is 0 Å². The Morgan fingerprint density at radius 1 is 0.886 bits per heavy atom. The van der Waals surface area contributed by atoms with Crippen LogP contribution in [-0.2, 0) is 9.53 Å². The van der Waals surface area contributed by atoms with Gasteiger partial charge >= 0.3 is 12.0 Å². The maximum atomic E-state index is 13.0. The molecule has 3 aromatic carbocycles. The van der Waals surface area contributed by atoms with Crippen LogP contribution in [0.15, 0.2) is 72.8 Å². The number of nitrogens with zero attached hydrogens (tertiary/aromatic N) is 1. The summed E-state index contributed by atoms with van der Waals surface area (Å²) in [6, 6.07) is 17.5. The average molecular weight is 492 g/mol. The molecule has 176 valence electrons. The van der Waals surface area contributed by atoms with E-state index in [2.05, 4.69) is 10.6 Å². The number of ether oxygens (including phenoxy) is 1. The lowest BCUT2D eigenvalue weighted by molar-refractivity contribution is -0.129. The standard InChI is InChI=1S/C25H18ClN3O6/c1-27-25(34)28-21(30)20(14-5-3-2-4-6-14)35-24(33)15-7-12-18-19(13-15)23(32)29(22(18)31)17-10-8-16(26)9-11-17/h2-13,20H,1H3,(H2,27,28,30,34)/t20-/m1/s1. The minimum absolute atomic E-state index is 0.0190. The van der Waals surface area contributed by atoms with Crippen LogP contribution in [0.4, 0.5) is 10.5 Å². The van der Waals surface area contributed by atoms with E-state index in [1.54, 1.807) is 42.5 Å². The number of amides is 5. The van der Waals surface area contributed by atoms with E-state index in [1.165, 1.54) is 37.4 Å². The van der Waals surface area contributed by atoms with E-state index in [0.29, 0.717) is 16.3 Å². The van der Waals surface area contributed by atoms with Gasteiger partial charge in [0.25, 0.3) is 17.7 Å². The fourth-order valence-corrected chi connectivity index (χ4v) is 3.63. The van der Waals surface area contributed by atoms with Crippen LogP contribution < -0.4 is 15.5 Å². The Balaban J connectivity index is 1.60. The van der Waals surface area contributed by atoms with Gasteiger partial charge in [0.1, 0.15) is 0 Å². The summed E-state index contributed by atoms with van der Waals surface area (Å²) in [5, 5.41) is 4.79. The molecule has 1 atom stereocenters. The first-order valence-electron chi connectivity index (χ1n) is 10.4. The molecule has 0 saturated heterocycles. The summed E-state index contributed by atoms with van der Waals surface area (Å²) < 4.78 is 5.42. The summed E-state index contributed by atoms with van der Waals surface area (Å²) in [5.41, 5.74) is 0.767. The number of hydrogen-bond donors (Lipinski definition) is 2. The Labute approximate surface area is 204 Å². The van der Waals surface area contributed by atoms with Crippen molar-refractivity contribution in [2.75, 3.05) is 11.9 Å². The molecular weight excluding hydrogens is 474 g/mol. The summed E-state index contributed by atoms with van der Waals surface area (Å²) in [6.45, 7) is 0. The van der Waals surface area contributed by atoms with Gasteiger partial charge in [0.2, 0.25) is 6.10 Å². The van der Waals surface area contributed by atoms with Gasteiger partial charge in [-0.3, -0.25) is 19.7 Å². The average Bonchev–Trinajstić information content (AvgIpc) is 3.12. The van der Waals surface area contributed by atoms with Crippen molar-refractivity contribution in [1.29, 1.82) is 0 Å².